The second kappa shape index (κ2) is 10.7. The van der Waals surface area contributed by atoms with Gasteiger partial charge in [-0.2, -0.15) is 4.31 Å². The third-order valence-electron chi connectivity index (χ3n) is 5.52. The van der Waals surface area contributed by atoms with Crippen LogP contribution in [0.25, 0.3) is 0 Å². The number of rotatable bonds is 7. The minimum absolute atomic E-state index is 0.114. The molecule has 1 saturated heterocycles. The lowest BCUT2D eigenvalue weighted by Crippen LogP contribution is -2.41. The first kappa shape index (κ1) is 23.8. The van der Waals surface area contributed by atoms with Gasteiger partial charge in [-0.05, 0) is 28.8 Å². The molecular weight excluding hydrogens is 468 g/mol. The Kier molecular flexibility index (Phi) is 7.75. The summed E-state index contributed by atoms with van der Waals surface area (Å²) >= 11 is 6.32. The van der Waals surface area contributed by atoms with E-state index in [0.717, 1.165) is 12.0 Å². The van der Waals surface area contributed by atoms with Crippen LogP contribution in [0.1, 0.15) is 23.1 Å². The van der Waals surface area contributed by atoms with E-state index >= 15 is 0 Å². The van der Waals surface area contributed by atoms with Gasteiger partial charge in [-0.25, -0.2) is 8.42 Å². The maximum Gasteiger partial charge on any atom is 0.224 e. The molecule has 2 aliphatic heterocycles. The van der Waals surface area contributed by atoms with Gasteiger partial charge in [0.25, 0.3) is 0 Å². The van der Waals surface area contributed by atoms with Gasteiger partial charge in [0.1, 0.15) is 0 Å². The first-order valence-electron chi connectivity index (χ1n) is 10.9. The molecule has 2 heterocycles. The fourth-order valence-corrected chi connectivity index (χ4v) is 5.66. The molecule has 0 aliphatic carbocycles. The number of carbonyl (C=O) groups excluding carboxylic acids is 1. The van der Waals surface area contributed by atoms with Crippen LogP contribution in [0.15, 0.2) is 36.4 Å². The summed E-state index contributed by atoms with van der Waals surface area (Å²) in [5.41, 5.74) is 2.15. The van der Waals surface area contributed by atoms with Crippen LogP contribution in [0.2, 0.25) is 5.02 Å². The van der Waals surface area contributed by atoms with Crippen LogP contribution in [0.4, 0.5) is 0 Å². The Labute approximate surface area is 198 Å². The van der Waals surface area contributed by atoms with Gasteiger partial charge in [0.05, 0.1) is 43.6 Å². The Balaban J connectivity index is 1.39. The number of ether oxygens (including phenoxy) is 3. The first-order chi connectivity index (χ1) is 15.9. The zero-order valence-corrected chi connectivity index (χ0v) is 19.8. The highest BCUT2D eigenvalue weighted by atomic mass is 35.5. The third-order valence-corrected chi connectivity index (χ3v) is 7.63. The lowest BCUT2D eigenvalue weighted by atomic mass is 10.1. The van der Waals surface area contributed by atoms with E-state index in [-0.39, 0.29) is 24.6 Å². The smallest absolute Gasteiger partial charge is 0.224 e. The number of hydrogen-bond donors (Lipinski definition) is 1. The van der Waals surface area contributed by atoms with Gasteiger partial charge in [0.15, 0.2) is 11.5 Å². The summed E-state index contributed by atoms with van der Waals surface area (Å²) in [4.78, 5) is 12.6. The van der Waals surface area contributed by atoms with Gasteiger partial charge in [0.2, 0.25) is 15.9 Å². The highest BCUT2D eigenvalue weighted by molar-refractivity contribution is 7.88. The minimum atomic E-state index is -3.46. The minimum Gasteiger partial charge on any atom is -0.489 e. The van der Waals surface area contributed by atoms with Crippen molar-refractivity contribution >= 4 is 27.5 Å². The van der Waals surface area contributed by atoms with Crippen molar-refractivity contribution in [3.05, 3.63) is 58.1 Å². The quantitative estimate of drug-likeness (QED) is 0.635. The van der Waals surface area contributed by atoms with Crippen molar-refractivity contribution in [1.82, 2.24) is 9.62 Å². The van der Waals surface area contributed by atoms with Crippen molar-refractivity contribution in [1.29, 1.82) is 0 Å². The number of sulfonamides is 1. The van der Waals surface area contributed by atoms with Crippen molar-refractivity contribution in [3.8, 4) is 11.5 Å². The molecule has 0 radical (unpaired) electrons. The molecule has 0 unspecified atom stereocenters. The van der Waals surface area contributed by atoms with Crippen LogP contribution in [0.3, 0.4) is 0 Å². The molecule has 2 aromatic rings. The van der Waals surface area contributed by atoms with E-state index < -0.39 is 10.0 Å². The largest absolute Gasteiger partial charge is 0.489 e. The summed E-state index contributed by atoms with van der Waals surface area (Å²) in [5, 5.41) is 3.30. The van der Waals surface area contributed by atoms with Crippen LogP contribution in [0, 0.1) is 0 Å². The Morgan fingerprint density at radius 2 is 1.76 bits per heavy atom. The summed E-state index contributed by atoms with van der Waals surface area (Å²) in [6.07, 6.45) is 0.881. The van der Waals surface area contributed by atoms with Gasteiger partial charge >= 0.3 is 0 Å². The average Bonchev–Trinajstić information content (AvgIpc) is 3.05. The molecule has 0 atom stereocenters. The SMILES string of the molecule is O=C(Cc1cc(Cl)c2c(c1)OCCCO2)NCc1ccccc1CS(=O)(=O)N1CCOCC1. The van der Waals surface area contributed by atoms with Gasteiger partial charge in [0, 0.05) is 26.1 Å². The number of carbonyl (C=O) groups is 1. The summed E-state index contributed by atoms with van der Waals surface area (Å²) in [5.74, 6) is 0.734. The predicted octanol–water partition coefficient (Wildman–Crippen LogP) is 2.52. The van der Waals surface area contributed by atoms with Crippen LogP contribution in [-0.4, -0.2) is 58.1 Å². The highest BCUT2D eigenvalue weighted by Crippen LogP contribution is 2.38. The van der Waals surface area contributed by atoms with Gasteiger partial charge in [-0.1, -0.05) is 35.9 Å². The van der Waals surface area contributed by atoms with Crippen molar-refractivity contribution in [2.45, 2.75) is 25.1 Å². The molecule has 0 aromatic heterocycles. The predicted molar refractivity (Wildman–Crippen MR) is 124 cm³/mol. The molecule has 0 saturated carbocycles. The number of morpholine rings is 1. The molecule has 1 amide bonds. The molecule has 2 aliphatic rings. The van der Waals surface area contributed by atoms with Gasteiger partial charge in [-0.3, -0.25) is 4.79 Å². The molecule has 178 valence electrons. The molecular formula is C23H27ClN2O6S. The Morgan fingerprint density at radius 3 is 2.55 bits per heavy atom. The van der Waals surface area contributed by atoms with Crippen molar-refractivity contribution in [3.63, 3.8) is 0 Å². The Hall–Kier alpha value is -2.33. The van der Waals surface area contributed by atoms with Crippen LogP contribution >= 0.6 is 11.6 Å². The average molecular weight is 495 g/mol. The molecule has 4 rings (SSSR count). The normalized spacial score (nSPS) is 16.8. The molecule has 1 N–H and O–H groups in total. The lowest BCUT2D eigenvalue weighted by molar-refractivity contribution is -0.120. The molecule has 0 bridgehead atoms. The Bertz CT molecular complexity index is 1100. The number of benzene rings is 2. The topological polar surface area (TPSA) is 94.2 Å². The van der Waals surface area contributed by atoms with Crippen LogP contribution in [-0.2, 0) is 38.3 Å². The zero-order chi connectivity index (χ0) is 23.3. The fraction of sp³-hybridized carbons (Fsp3) is 0.435. The maximum absolute atomic E-state index is 12.8. The van der Waals surface area contributed by atoms with Crippen LogP contribution < -0.4 is 14.8 Å². The van der Waals surface area contributed by atoms with E-state index in [1.807, 2.05) is 12.1 Å². The number of halogens is 1. The highest BCUT2D eigenvalue weighted by Gasteiger charge is 2.25. The van der Waals surface area contributed by atoms with E-state index in [1.54, 1.807) is 24.3 Å². The second-order valence-electron chi connectivity index (χ2n) is 7.95. The number of nitrogens with one attached hydrogen (secondary N) is 1. The van der Waals surface area contributed by atoms with E-state index in [2.05, 4.69) is 5.32 Å². The number of nitrogens with zero attached hydrogens (tertiary/aromatic N) is 1. The maximum atomic E-state index is 12.8. The first-order valence-corrected chi connectivity index (χ1v) is 12.9. The van der Waals surface area contributed by atoms with Gasteiger partial charge in [-0.15, -0.1) is 0 Å². The van der Waals surface area contributed by atoms with E-state index in [0.29, 0.717) is 67.2 Å². The van der Waals surface area contributed by atoms with Crippen molar-refractivity contribution < 1.29 is 27.4 Å². The van der Waals surface area contributed by atoms with Crippen molar-refractivity contribution in [2.75, 3.05) is 39.5 Å². The second-order valence-corrected chi connectivity index (χ2v) is 10.3. The van der Waals surface area contributed by atoms with Crippen molar-refractivity contribution in [2.24, 2.45) is 0 Å². The molecule has 33 heavy (non-hydrogen) atoms. The fourth-order valence-electron chi connectivity index (χ4n) is 3.81. The third kappa shape index (κ3) is 6.17. The summed E-state index contributed by atoms with van der Waals surface area (Å²) < 4.78 is 43.6. The summed E-state index contributed by atoms with van der Waals surface area (Å²) in [6.45, 7) is 2.82. The van der Waals surface area contributed by atoms with Crippen LogP contribution in [0.5, 0.6) is 11.5 Å². The molecule has 0 spiro atoms. The molecule has 1 fully saturated rings. The summed E-state index contributed by atoms with van der Waals surface area (Å²) in [6, 6.07) is 10.7. The molecule has 10 heteroatoms. The summed E-state index contributed by atoms with van der Waals surface area (Å²) in [7, 11) is -3.46. The Morgan fingerprint density at radius 1 is 1.03 bits per heavy atom. The molecule has 2 aromatic carbocycles. The zero-order valence-electron chi connectivity index (χ0n) is 18.2. The standard InChI is InChI=1S/C23H27ClN2O6S/c24-20-12-17(13-21-23(20)32-9-3-8-31-21)14-22(27)25-15-18-4-1-2-5-19(18)16-33(28,29)26-6-10-30-11-7-26/h1-2,4-5,12-13H,3,6-11,14-16H2,(H,25,27). The number of fused-ring (bicyclic) bond motifs is 1. The monoisotopic (exact) mass is 494 g/mol. The van der Waals surface area contributed by atoms with E-state index in [9.17, 15) is 13.2 Å². The lowest BCUT2D eigenvalue weighted by Gasteiger charge is -2.26. The number of amides is 1. The van der Waals surface area contributed by atoms with Gasteiger partial charge < -0.3 is 19.5 Å². The number of hydrogen-bond acceptors (Lipinski definition) is 6. The molecule has 8 nitrogen and oxygen atoms in total. The van der Waals surface area contributed by atoms with E-state index in [4.69, 9.17) is 25.8 Å². The van der Waals surface area contributed by atoms with E-state index in [1.165, 1.54) is 4.31 Å².